The fraction of sp³-hybridized carbons (Fsp3) is 0.364. The molecule has 0 atom stereocenters. The van der Waals surface area contributed by atoms with Crippen molar-refractivity contribution < 1.29 is 9.59 Å². The molecule has 0 fully saturated rings. The summed E-state index contributed by atoms with van der Waals surface area (Å²) in [6.45, 7) is 11.6. The third-order valence-electron chi connectivity index (χ3n) is 4.50. The summed E-state index contributed by atoms with van der Waals surface area (Å²) in [5.41, 5.74) is 5.83. The van der Waals surface area contributed by atoms with E-state index in [9.17, 15) is 9.59 Å². The van der Waals surface area contributed by atoms with Gasteiger partial charge in [0, 0.05) is 12.6 Å². The van der Waals surface area contributed by atoms with Gasteiger partial charge in [-0.05, 0) is 49.4 Å². The number of carbonyl (C=O) groups excluding carboxylic acids is 2. The predicted molar refractivity (Wildman–Crippen MR) is 108 cm³/mol. The lowest BCUT2D eigenvalue weighted by atomic mass is 9.97. The van der Waals surface area contributed by atoms with Gasteiger partial charge in [-0.25, -0.2) is 0 Å². The summed E-state index contributed by atoms with van der Waals surface area (Å²) in [4.78, 5) is 26.5. The van der Waals surface area contributed by atoms with Crippen LogP contribution in [-0.4, -0.2) is 18.4 Å². The van der Waals surface area contributed by atoms with Crippen molar-refractivity contribution in [1.82, 2.24) is 0 Å². The number of benzene rings is 2. The van der Waals surface area contributed by atoms with Crippen molar-refractivity contribution in [1.29, 1.82) is 0 Å². The molecule has 2 aromatic rings. The highest BCUT2D eigenvalue weighted by molar-refractivity contribution is 6.03. The third-order valence-corrected chi connectivity index (χ3v) is 4.50. The highest BCUT2D eigenvalue weighted by atomic mass is 16.2. The highest BCUT2D eigenvalue weighted by Gasteiger charge is 2.22. The van der Waals surface area contributed by atoms with E-state index in [-0.39, 0.29) is 24.3 Å². The first-order valence-electron chi connectivity index (χ1n) is 8.95. The van der Waals surface area contributed by atoms with E-state index in [0.717, 1.165) is 33.6 Å². The van der Waals surface area contributed by atoms with Crippen molar-refractivity contribution in [2.45, 2.75) is 47.5 Å². The largest absolute Gasteiger partial charge is 0.324 e. The van der Waals surface area contributed by atoms with Gasteiger partial charge in [0.15, 0.2) is 0 Å². The molecule has 0 heterocycles. The van der Waals surface area contributed by atoms with Gasteiger partial charge >= 0.3 is 0 Å². The molecular weight excluding hydrogens is 324 g/mol. The number of rotatable bonds is 5. The van der Waals surface area contributed by atoms with Crippen LogP contribution in [-0.2, 0) is 9.59 Å². The Kier molecular flexibility index (Phi) is 6.19. The van der Waals surface area contributed by atoms with E-state index in [1.54, 1.807) is 4.90 Å². The first-order chi connectivity index (χ1) is 12.2. The molecule has 2 rings (SSSR count). The number of nitrogens with zero attached hydrogens (tertiary/aromatic N) is 1. The maximum absolute atomic E-state index is 12.6. The zero-order valence-electron chi connectivity index (χ0n) is 16.5. The maximum Gasteiger partial charge on any atom is 0.244 e. The Morgan fingerprint density at radius 3 is 2.31 bits per heavy atom. The van der Waals surface area contributed by atoms with Crippen LogP contribution in [0, 0.1) is 20.8 Å². The van der Waals surface area contributed by atoms with Crippen LogP contribution >= 0.6 is 0 Å². The van der Waals surface area contributed by atoms with Crippen LogP contribution < -0.4 is 10.2 Å². The minimum absolute atomic E-state index is 0.00672. The second-order valence-electron chi connectivity index (χ2n) is 7.14. The quantitative estimate of drug-likeness (QED) is 0.846. The number of anilines is 2. The van der Waals surface area contributed by atoms with Crippen LogP contribution in [0.3, 0.4) is 0 Å². The molecule has 0 aromatic heterocycles. The molecule has 0 aliphatic heterocycles. The van der Waals surface area contributed by atoms with Crippen molar-refractivity contribution >= 4 is 23.2 Å². The van der Waals surface area contributed by atoms with Crippen molar-refractivity contribution in [2.75, 3.05) is 16.8 Å². The van der Waals surface area contributed by atoms with Gasteiger partial charge in [-0.15, -0.1) is 0 Å². The van der Waals surface area contributed by atoms with Gasteiger partial charge in [-0.1, -0.05) is 49.7 Å². The summed E-state index contributed by atoms with van der Waals surface area (Å²) in [6.07, 6.45) is 0. The highest BCUT2D eigenvalue weighted by Crippen LogP contribution is 2.31. The second-order valence-corrected chi connectivity index (χ2v) is 7.14. The number of carbonyl (C=O) groups is 2. The van der Waals surface area contributed by atoms with Gasteiger partial charge in [0.2, 0.25) is 11.8 Å². The minimum Gasteiger partial charge on any atom is -0.324 e. The van der Waals surface area contributed by atoms with Crippen LogP contribution in [0.15, 0.2) is 36.4 Å². The van der Waals surface area contributed by atoms with Crippen molar-refractivity contribution in [3.63, 3.8) is 0 Å². The molecule has 0 bridgehead atoms. The summed E-state index contributed by atoms with van der Waals surface area (Å²) >= 11 is 0. The van der Waals surface area contributed by atoms with Crippen LogP contribution in [0.4, 0.5) is 11.4 Å². The SMILES string of the molecule is CC(=O)N(CC(=O)Nc1ccc(C)cc1C)c1c(C)cccc1C(C)C. The number of para-hydroxylation sites is 1. The monoisotopic (exact) mass is 352 g/mol. The number of amides is 2. The lowest BCUT2D eigenvalue weighted by Crippen LogP contribution is -2.38. The summed E-state index contributed by atoms with van der Waals surface area (Å²) in [7, 11) is 0. The molecule has 26 heavy (non-hydrogen) atoms. The molecule has 138 valence electrons. The lowest BCUT2D eigenvalue weighted by Gasteiger charge is -2.27. The molecule has 4 heteroatoms. The zero-order chi connectivity index (χ0) is 19.4. The first-order valence-corrected chi connectivity index (χ1v) is 8.95. The number of hydrogen-bond acceptors (Lipinski definition) is 2. The summed E-state index contributed by atoms with van der Waals surface area (Å²) in [5, 5.41) is 2.93. The molecule has 2 aromatic carbocycles. The fourth-order valence-electron chi connectivity index (χ4n) is 3.15. The first kappa shape index (κ1) is 19.7. The number of aryl methyl sites for hydroxylation is 3. The minimum atomic E-state index is -0.204. The molecule has 4 nitrogen and oxygen atoms in total. The third kappa shape index (κ3) is 4.51. The summed E-state index contributed by atoms with van der Waals surface area (Å²) < 4.78 is 0. The molecule has 0 radical (unpaired) electrons. The average molecular weight is 352 g/mol. The van der Waals surface area contributed by atoms with E-state index < -0.39 is 0 Å². The van der Waals surface area contributed by atoms with Gasteiger partial charge in [-0.2, -0.15) is 0 Å². The Morgan fingerprint density at radius 2 is 1.73 bits per heavy atom. The number of hydrogen-bond donors (Lipinski definition) is 1. The van der Waals surface area contributed by atoms with Crippen molar-refractivity contribution in [3.8, 4) is 0 Å². The van der Waals surface area contributed by atoms with E-state index in [1.165, 1.54) is 6.92 Å². The van der Waals surface area contributed by atoms with E-state index in [0.29, 0.717) is 0 Å². The van der Waals surface area contributed by atoms with Gasteiger partial charge in [0.05, 0.1) is 5.69 Å². The van der Waals surface area contributed by atoms with Crippen molar-refractivity contribution in [2.24, 2.45) is 0 Å². The molecular formula is C22H28N2O2. The van der Waals surface area contributed by atoms with Crippen molar-refractivity contribution in [3.05, 3.63) is 58.7 Å². The van der Waals surface area contributed by atoms with Crippen LogP contribution in [0.5, 0.6) is 0 Å². The second kappa shape index (κ2) is 8.17. The molecule has 2 amide bonds. The van der Waals surface area contributed by atoms with Crippen LogP contribution in [0.25, 0.3) is 0 Å². The van der Waals surface area contributed by atoms with Gasteiger partial charge in [0.1, 0.15) is 6.54 Å². The smallest absolute Gasteiger partial charge is 0.244 e. The average Bonchev–Trinajstić information content (AvgIpc) is 2.55. The van der Waals surface area contributed by atoms with E-state index in [2.05, 4.69) is 19.2 Å². The van der Waals surface area contributed by atoms with E-state index >= 15 is 0 Å². The summed E-state index contributed by atoms with van der Waals surface area (Å²) in [6, 6.07) is 11.9. The Labute approximate surface area is 156 Å². The van der Waals surface area contributed by atoms with Crippen LogP contribution in [0.1, 0.15) is 48.9 Å². The van der Waals surface area contributed by atoms with E-state index in [1.807, 2.05) is 57.2 Å². The maximum atomic E-state index is 12.6. The van der Waals surface area contributed by atoms with Gasteiger partial charge in [-0.3, -0.25) is 9.59 Å². The molecule has 0 saturated carbocycles. The zero-order valence-corrected chi connectivity index (χ0v) is 16.5. The predicted octanol–water partition coefficient (Wildman–Crippen LogP) is 4.73. The molecule has 0 spiro atoms. The Morgan fingerprint density at radius 1 is 1.04 bits per heavy atom. The molecule has 1 N–H and O–H groups in total. The van der Waals surface area contributed by atoms with Crippen LogP contribution in [0.2, 0.25) is 0 Å². The Hall–Kier alpha value is -2.62. The van der Waals surface area contributed by atoms with E-state index in [4.69, 9.17) is 0 Å². The lowest BCUT2D eigenvalue weighted by molar-refractivity contribution is -0.120. The number of nitrogens with one attached hydrogen (secondary N) is 1. The Balaban J connectivity index is 2.29. The van der Waals surface area contributed by atoms with Gasteiger partial charge in [0.25, 0.3) is 0 Å². The summed E-state index contributed by atoms with van der Waals surface area (Å²) in [5.74, 6) is -0.0868. The molecule has 0 aliphatic carbocycles. The molecule has 0 aliphatic rings. The Bertz CT molecular complexity index is 825. The topological polar surface area (TPSA) is 49.4 Å². The van der Waals surface area contributed by atoms with Gasteiger partial charge < -0.3 is 10.2 Å². The normalized spacial score (nSPS) is 10.7. The standard InChI is InChI=1S/C22H28N2O2/c1-14(2)19-9-7-8-16(4)22(19)24(18(6)25)13-21(26)23-20-11-10-15(3)12-17(20)5/h7-12,14H,13H2,1-6H3,(H,23,26). The molecule has 0 saturated heterocycles. The fourth-order valence-corrected chi connectivity index (χ4v) is 3.15. The molecule has 0 unspecified atom stereocenters.